The van der Waals surface area contributed by atoms with Crippen LogP contribution in [0, 0.1) is 11.8 Å². The molecule has 1 heterocycles. The zero-order valence-corrected chi connectivity index (χ0v) is 7.47. The van der Waals surface area contributed by atoms with Gasteiger partial charge >= 0.3 is 0 Å². The molecule has 1 nitrogen and oxygen atoms in total. The maximum atomic E-state index is 3.67. The monoisotopic (exact) mass is 153 g/mol. The van der Waals surface area contributed by atoms with Crippen LogP contribution >= 0.6 is 0 Å². The number of nitrogens with one attached hydrogen (secondary N) is 1. The highest BCUT2D eigenvalue weighted by atomic mass is 14.9. The van der Waals surface area contributed by atoms with E-state index in [0.717, 1.165) is 17.9 Å². The molecule has 64 valence electrons. The molecule has 0 amide bonds. The molecular formula is C10H19N. The lowest BCUT2D eigenvalue weighted by Gasteiger charge is -2.40. The van der Waals surface area contributed by atoms with E-state index in [1.165, 1.54) is 38.6 Å². The lowest BCUT2D eigenvalue weighted by atomic mass is 9.74. The second-order valence-corrected chi connectivity index (χ2v) is 4.29. The van der Waals surface area contributed by atoms with Gasteiger partial charge in [0.05, 0.1) is 0 Å². The molecule has 1 saturated carbocycles. The summed E-state index contributed by atoms with van der Waals surface area (Å²) < 4.78 is 0. The van der Waals surface area contributed by atoms with E-state index in [2.05, 4.69) is 12.2 Å². The molecule has 1 N–H and O–H groups in total. The lowest BCUT2D eigenvalue weighted by molar-refractivity contribution is 0.157. The third kappa shape index (κ3) is 1.44. The molecule has 1 saturated heterocycles. The van der Waals surface area contributed by atoms with E-state index in [4.69, 9.17) is 0 Å². The van der Waals surface area contributed by atoms with E-state index in [1.54, 1.807) is 0 Å². The van der Waals surface area contributed by atoms with Gasteiger partial charge in [-0.15, -0.1) is 0 Å². The highest BCUT2D eigenvalue weighted by Crippen LogP contribution is 2.33. The molecular weight excluding hydrogens is 134 g/mol. The first-order chi connectivity index (χ1) is 5.38. The first kappa shape index (κ1) is 7.60. The largest absolute Gasteiger partial charge is 0.313 e. The van der Waals surface area contributed by atoms with Crippen molar-refractivity contribution in [3.63, 3.8) is 0 Å². The average molecular weight is 153 g/mol. The van der Waals surface area contributed by atoms with Gasteiger partial charge in [0.1, 0.15) is 0 Å². The fourth-order valence-corrected chi connectivity index (χ4v) is 2.85. The number of hydrogen-bond donors (Lipinski definition) is 1. The normalized spacial score (nSPS) is 45.0. The van der Waals surface area contributed by atoms with E-state index in [1.807, 2.05) is 0 Å². The summed E-state index contributed by atoms with van der Waals surface area (Å²) in [6.45, 7) is 3.68. The topological polar surface area (TPSA) is 12.0 Å². The Labute approximate surface area is 69.6 Å². The average Bonchev–Trinajstić information content (AvgIpc) is 2.06. The Balaban J connectivity index is 1.99. The molecule has 0 radical (unpaired) electrons. The smallest absolute Gasteiger partial charge is 0.0121 e. The zero-order valence-electron chi connectivity index (χ0n) is 7.47. The van der Waals surface area contributed by atoms with Crippen molar-refractivity contribution in [2.45, 2.75) is 45.1 Å². The van der Waals surface area contributed by atoms with Gasteiger partial charge in [-0.1, -0.05) is 13.3 Å². The highest BCUT2D eigenvalue weighted by molar-refractivity contribution is 4.88. The van der Waals surface area contributed by atoms with Crippen LogP contribution in [-0.2, 0) is 0 Å². The van der Waals surface area contributed by atoms with Crippen molar-refractivity contribution in [1.82, 2.24) is 5.32 Å². The van der Waals surface area contributed by atoms with Crippen LogP contribution in [0.4, 0.5) is 0 Å². The molecule has 0 bridgehead atoms. The Kier molecular flexibility index (Phi) is 2.17. The summed E-state index contributed by atoms with van der Waals surface area (Å²) in [5.41, 5.74) is 0. The van der Waals surface area contributed by atoms with Gasteiger partial charge in [0.2, 0.25) is 0 Å². The summed E-state index contributed by atoms with van der Waals surface area (Å²) in [5.74, 6) is 1.96. The maximum absolute atomic E-state index is 3.67. The van der Waals surface area contributed by atoms with E-state index < -0.39 is 0 Å². The molecule has 1 aliphatic heterocycles. The van der Waals surface area contributed by atoms with Crippen molar-refractivity contribution in [2.24, 2.45) is 11.8 Å². The summed E-state index contributed by atoms with van der Waals surface area (Å²) in [6, 6.07) is 0.873. The maximum Gasteiger partial charge on any atom is 0.0121 e. The highest BCUT2D eigenvalue weighted by Gasteiger charge is 2.31. The summed E-state index contributed by atoms with van der Waals surface area (Å²) in [4.78, 5) is 0. The van der Waals surface area contributed by atoms with E-state index >= 15 is 0 Å². The van der Waals surface area contributed by atoms with Gasteiger partial charge < -0.3 is 5.32 Å². The van der Waals surface area contributed by atoms with Crippen LogP contribution in [-0.4, -0.2) is 12.6 Å². The molecule has 2 aliphatic rings. The van der Waals surface area contributed by atoms with Crippen molar-refractivity contribution >= 4 is 0 Å². The van der Waals surface area contributed by atoms with E-state index in [9.17, 15) is 0 Å². The summed E-state index contributed by atoms with van der Waals surface area (Å²) in [6.07, 6.45) is 7.32. The van der Waals surface area contributed by atoms with Gasteiger partial charge in [-0.3, -0.25) is 0 Å². The molecule has 0 aromatic rings. The Morgan fingerprint density at radius 2 is 1.91 bits per heavy atom. The Morgan fingerprint density at radius 3 is 2.73 bits per heavy atom. The van der Waals surface area contributed by atoms with Crippen molar-refractivity contribution in [3.05, 3.63) is 0 Å². The van der Waals surface area contributed by atoms with Gasteiger partial charge in [0.25, 0.3) is 0 Å². The predicted octanol–water partition coefficient (Wildman–Crippen LogP) is 2.17. The van der Waals surface area contributed by atoms with Crippen LogP contribution < -0.4 is 5.32 Å². The van der Waals surface area contributed by atoms with Crippen LogP contribution in [0.2, 0.25) is 0 Å². The van der Waals surface area contributed by atoms with Gasteiger partial charge in [0.15, 0.2) is 0 Å². The van der Waals surface area contributed by atoms with Gasteiger partial charge in [-0.2, -0.15) is 0 Å². The van der Waals surface area contributed by atoms with Crippen molar-refractivity contribution in [2.75, 3.05) is 6.54 Å². The molecule has 0 aromatic heterocycles. The minimum atomic E-state index is 0.873. The fourth-order valence-electron chi connectivity index (χ4n) is 2.85. The Bertz CT molecular complexity index is 131. The first-order valence-corrected chi connectivity index (χ1v) is 5.11. The first-order valence-electron chi connectivity index (χ1n) is 5.11. The minimum Gasteiger partial charge on any atom is -0.313 e. The summed E-state index contributed by atoms with van der Waals surface area (Å²) >= 11 is 0. The van der Waals surface area contributed by atoms with Gasteiger partial charge in [0, 0.05) is 6.04 Å². The third-order valence-electron chi connectivity index (χ3n) is 3.49. The second kappa shape index (κ2) is 3.14. The molecule has 0 unspecified atom stereocenters. The quantitative estimate of drug-likeness (QED) is 0.562. The van der Waals surface area contributed by atoms with Crippen molar-refractivity contribution in [3.8, 4) is 0 Å². The molecule has 1 aliphatic carbocycles. The molecule has 0 aromatic carbocycles. The van der Waals surface area contributed by atoms with Crippen LogP contribution in [0.1, 0.15) is 39.0 Å². The number of piperidine rings is 1. The number of rotatable bonds is 0. The minimum absolute atomic E-state index is 0.873. The molecule has 2 rings (SSSR count). The van der Waals surface area contributed by atoms with E-state index in [-0.39, 0.29) is 0 Å². The Morgan fingerprint density at radius 1 is 1.09 bits per heavy atom. The number of hydrogen-bond acceptors (Lipinski definition) is 1. The zero-order chi connectivity index (χ0) is 7.68. The van der Waals surface area contributed by atoms with Gasteiger partial charge in [-0.05, 0) is 44.1 Å². The van der Waals surface area contributed by atoms with Gasteiger partial charge in [-0.25, -0.2) is 0 Å². The van der Waals surface area contributed by atoms with Crippen LogP contribution in [0.15, 0.2) is 0 Å². The third-order valence-corrected chi connectivity index (χ3v) is 3.49. The fraction of sp³-hybridized carbons (Fsp3) is 1.00. The molecule has 3 atom stereocenters. The van der Waals surface area contributed by atoms with Crippen LogP contribution in [0.25, 0.3) is 0 Å². The molecule has 0 spiro atoms. The van der Waals surface area contributed by atoms with Crippen molar-refractivity contribution in [1.29, 1.82) is 0 Å². The number of fused-ring (bicyclic) bond motifs is 1. The Hall–Kier alpha value is -0.0400. The second-order valence-electron chi connectivity index (χ2n) is 4.29. The molecule has 1 heteroatoms. The SMILES string of the molecule is C[C@H]1CCC[C@H]2CCCN[C@@H]21. The summed E-state index contributed by atoms with van der Waals surface area (Å²) in [5, 5.41) is 3.67. The van der Waals surface area contributed by atoms with Crippen molar-refractivity contribution < 1.29 is 0 Å². The van der Waals surface area contributed by atoms with E-state index in [0.29, 0.717) is 0 Å². The summed E-state index contributed by atoms with van der Waals surface area (Å²) in [7, 11) is 0. The lowest BCUT2D eigenvalue weighted by Crippen LogP contribution is -2.47. The molecule has 11 heavy (non-hydrogen) atoms. The molecule has 2 fully saturated rings. The standard InChI is InChI=1S/C10H19N/c1-8-4-2-5-9-6-3-7-11-10(8)9/h8-11H,2-7H2,1H3/t8-,9-,10+/m0/s1. The van der Waals surface area contributed by atoms with Crippen LogP contribution in [0.3, 0.4) is 0 Å². The predicted molar refractivity (Wildman–Crippen MR) is 47.5 cm³/mol. The van der Waals surface area contributed by atoms with Crippen LogP contribution in [0.5, 0.6) is 0 Å².